The van der Waals surface area contributed by atoms with E-state index in [-0.39, 0.29) is 17.2 Å². The highest BCUT2D eigenvalue weighted by atomic mass is 35.5. The minimum atomic E-state index is -4.04. The van der Waals surface area contributed by atoms with Crippen molar-refractivity contribution >= 4 is 33.2 Å². The zero-order valence-corrected chi connectivity index (χ0v) is 19.2. The van der Waals surface area contributed by atoms with Crippen molar-refractivity contribution in [2.45, 2.75) is 11.4 Å². The van der Waals surface area contributed by atoms with Crippen LogP contribution in [0.1, 0.15) is 5.56 Å². The van der Waals surface area contributed by atoms with Crippen molar-refractivity contribution < 1.29 is 22.7 Å². The number of rotatable bonds is 9. The van der Waals surface area contributed by atoms with Gasteiger partial charge in [0.25, 0.3) is 0 Å². The van der Waals surface area contributed by atoms with E-state index in [2.05, 4.69) is 5.32 Å². The Morgan fingerprint density at radius 1 is 0.938 bits per heavy atom. The summed E-state index contributed by atoms with van der Waals surface area (Å²) in [4.78, 5) is 12.7. The maximum Gasteiger partial charge on any atom is 0.243 e. The summed E-state index contributed by atoms with van der Waals surface area (Å²) >= 11 is 5.97. The second kappa shape index (κ2) is 10.5. The van der Waals surface area contributed by atoms with E-state index in [9.17, 15) is 13.2 Å². The Morgan fingerprint density at radius 3 is 2.31 bits per heavy atom. The second-order valence-corrected chi connectivity index (χ2v) is 9.21. The van der Waals surface area contributed by atoms with Gasteiger partial charge in [0.2, 0.25) is 15.9 Å². The third kappa shape index (κ3) is 5.79. The molecular weight excluding hydrogens is 452 g/mol. The number of sulfonamides is 1. The van der Waals surface area contributed by atoms with Crippen LogP contribution in [0.5, 0.6) is 11.5 Å². The molecule has 0 bridgehead atoms. The van der Waals surface area contributed by atoms with Crippen molar-refractivity contribution in [3.05, 3.63) is 83.4 Å². The van der Waals surface area contributed by atoms with Crippen LogP contribution in [-0.2, 0) is 21.4 Å². The van der Waals surface area contributed by atoms with Gasteiger partial charge in [0.1, 0.15) is 0 Å². The summed E-state index contributed by atoms with van der Waals surface area (Å²) < 4.78 is 38.5. The fourth-order valence-electron chi connectivity index (χ4n) is 3.07. The molecular formula is C23H23ClN2O5S. The van der Waals surface area contributed by atoms with Gasteiger partial charge in [-0.2, -0.15) is 4.31 Å². The smallest absolute Gasteiger partial charge is 0.243 e. The number of carbonyl (C=O) groups excluding carboxylic acids is 1. The van der Waals surface area contributed by atoms with Crippen LogP contribution in [0.25, 0.3) is 0 Å². The van der Waals surface area contributed by atoms with Crippen LogP contribution < -0.4 is 14.8 Å². The molecule has 3 aromatic carbocycles. The molecule has 0 aliphatic carbocycles. The van der Waals surface area contributed by atoms with Crippen LogP contribution in [0.3, 0.4) is 0 Å². The van der Waals surface area contributed by atoms with Gasteiger partial charge in [-0.1, -0.05) is 48.0 Å². The molecule has 0 aromatic heterocycles. The zero-order chi connectivity index (χ0) is 23.1. The lowest BCUT2D eigenvalue weighted by Gasteiger charge is -2.22. The molecule has 0 saturated heterocycles. The summed E-state index contributed by atoms with van der Waals surface area (Å²) in [6, 6.07) is 20.0. The maximum absolute atomic E-state index is 13.5. The first-order valence-corrected chi connectivity index (χ1v) is 11.5. The van der Waals surface area contributed by atoms with Crippen molar-refractivity contribution in [3.8, 4) is 11.5 Å². The van der Waals surface area contributed by atoms with Crippen LogP contribution in [0.4, 0.5) is 5.69 Å². The average molecular weight is 475 g/mol. The van der Waals surface area contributed by atoms with Crippen molar-refractivity contribution in [1.29, 1.82) is 0 Å². The van der Waals surface area contributed by atoms with Crippen molar-refractivity contribution in [2.24, 2.45) is 0 Å². The first kappa shape index (κ1) is 23.6. The Hall–Kier alpha value is -3.07. The third-order valence-electron chi connectivity index (χ3n) is 4.62. The summed E-state index contributed by atoms with van der Waals surface area (Å²) in [5.74, 6) is 0.184. The summed E-state index contributed by atoms with van der Waals surface area (Å²) in [7, 11) is -1.15. The van der Waals surface area contributed by atoms with Crippen molar-refractivity contribution in [3.63, 3.8) is 0 Å². The summed E-state index contributed by atoms with van der Waals surface area (Å²) in [6.07, 6.45) is 0. The predicted octanol–water partition coefficient (Wildman–Crippen LogP) is 4.19. The van der Waals surface area contributed by atoms with Gasteiger partial charge in [-0.25, -0.2) is 8.42 Å². The summed E-state index contributed by atoms with van der Waals surface area (Å²) in [5, 5.41) is 3.15. The van der Waals surface area contributed by atoms with E-state index in [0.29, 0.717) is 16.5 Å². The van der Waals surface area contributed by atoms with Crippen molar-refractivity contribution in [1.82, 2.24) is 4.31 Å². The van der Waals surface area contributed by atoms with Gasteiger partial charge in [-0.15, -0.1) is 0 Å². The van der Waals surface area contributed by atoms with Gasteiger partial charge < -0.3 is 14.8 Å². The lowest BCUT2D eigenvalue weighted by Crippen LogP contribution is -2.37. The van der Waals surface area contributed by atoms with E-state index in [1.54, 1.807) is 36.4 Å². The SMILES string of the molecule is COc1ccc(S(=O)(=O)N(CC(=O)Nc2cccc(Cl)c2)Cc2ccccc2)cc1OC. The lowest BCUT2D eigenvalue weighted by atomic mass is 10.2. The highest BCUT2D eigenvalue weighted by molar-refractivity contribution is 7.89. The number of nitrogens with zero attached hydrogens (tertiary/aromatic N) is 1. The molecule has 0 unspecified atom stereocenters. The van der Waals surface area contributed by atoms with E-state index in [4.69, 9.17) is 21.1 Å². The molecule has 1 N–H and O–H groups in total. The number of amides is 1. The number of carbonyl (C=O) groups is 1. The fraction of sp³-hybridized carbons (Fsp3) is 0.174. The van der Waals surface area contributed by atoms with Crippen molar-refractivity contribution in [2.75, 3.05) is 26.1 Å². The molecule has 7 nitrogen and oxygen atoms in total. The third-order valence-corrected chi connectivity index (χ3v) is 6.65. The number of benzene rings is 3. The Balaban J connectivity index is 1.91. The number of methoxy groups -OCH3 is 2. The molecule has 0 aliphatic heterocycles. The molecule has 0 radical (unpaired) electrons. The van der Waals surface area contributed by atoms with E-state index >= 15 is 0 Å². The molecule has 32 heavy (non-hydrogen) atoms. The first-order valence-electron chi connectivity index (χ1n) is 9.65. The summed E-state index contributed by atoms with van der Waals surface area (Å²) in [6.45, 7) is -0.376. The van der Waals surface area contributed by atoms with Gasteiger partial charge in [-0.05, 0) is 35.9 Å². The minimum absolute atomic E-state index is 0.0124. The van der Waals surface area contributed by atoms with Crippen LogP contribution >= 0.6 is 11.6 Å². The first-order chi connectivity index (χ1) is 15.3. The van der Waals surface area contributed by atoms with Gasteiger partial charge in [-0.3, -0.25) is 4.79 Å². The quantitative estimate of drug-likeness (QED) is 0.502. The average Bonchev–Trinajstić information content (AvgIpc) is 2.78. The number of hydrogen-bond donors (Lipinski definition) is 1. The van der Waals surface area contributed by atoms with Crippen LogP contribution in [-0.4, -0.2) is 39.4 Å². The van der Waals surface area contributed by atoms with Gasteiger partial charge in [0.05, 0.1) is 25.7 Å². The Labute approximate surface area is 192 Å². The van der Waals surface area contributed by atoms with Gasteiger partial charge in [0, 0.05) is 23.3 Å². The standard InChI is InChI=1S/C23H23ClN2O5S/c1-30-21-12-11-20(14-22(21)31-2)32(28,29)26(15-17-7-4-3-5-8-17)16-23(27)25-19-10-6-9-18(24)13-19/h3-14H,15-16H2,1-2H3,(H,25,27). The molecule has 1 amide bonds. The Morgan fingerprint density at radius 2 is 1.66 bits per heavy atom. The van der Waals surface area contributed by atoms with Crippen LogP contribution in [0.2, 0.25) is 5.02 Å². The zero-order valence-electron chi connectivity index (χ0n) is 17.6. The molecule has 0 saturated carbocycles. The van der Waals surface area contributed by atoms with E-state index < -0.39 is 22.5 Å². The molecule has 0 fully saturated rings. The molecule has 3 rings (SSSR count). The normalized spacial score (nSPS) is 11.2. The Kier molecular flexibility index (Phi) is 7.74. The highest BCUT2D eigenvalue weighted by Crippen LogP contribution is 2.31. The van der Waals surface area contributed by atoms with E-state index in [1.165, 1.54) is 32.4 Å². The summed E-state index contributed by atoms with van der Waals surface area (Å²) in [5.41, 5.74) is 1.22. The monoisotopic (exact) mass is 474 g/mol. The Bertz CT molecular complexity index is 1190. The highest BCUT2D eigenvalue weighted by Gasteiger charge is 2.28. The van der Waals surface area contributed by atoms with Gasteiger partial charge in [0.15, 0.2) is 11.5 Å². The number of ether oxygens (including phenoxy) is 2. The molecule has 0 aliphatic rings. The van der Waals surface area contributed by atoms with Crippen LogP contribution in [0, 0.1) is 0 Å². The van der Waals surface area contributed by atoms with E-state index in [1.807, 2.05) is 18.2 Å². The molecule has 0 spiro atoms. The second-order valence-electron chi connectivity index (χ2n) is 6.83. The lowest BCUT2D eigenvalue weighted by molar-refractivity contribution is -0.116. The fourth-order valence-corrected chi connectivity index (χ4v) is 4.66. The molecule has 9 heteroatoms. The molecule has 168 valence electrons. The minimum Gasteiger partial charge on any atom is -0.493 e. The number of nitrogens with one attached hydrogen (secondary N) is 1. The van der Waals surface area contributed by atoms with Crippen LogP contribution in [0.15, 0.2) is 77.7 Å². The van der Waals surface area contributed by atoms with Gasteiger partial charge >= 0.3 is 0 Å². The molecule has 0 atom stereocenters. The number of anilines is 1. The predicted molar refractivity (Wildman–Crippen MR) is 124 cm³/mol. The molecule has 0 heterocycles. The largest absolute Gasteiger partial charge is 0.493 e. The maximum atomic E-state index is 13.5. The molecule has 3 aromatic rings. The number of halogens is 1. The number of hydrogen-bond acceptors (Lipinski definition) is 5. The van der Waals surface area contributed by atoms with E-state index in [0.717, 1.165) is 9.87 Å². The topological polar surface area (TPSA) is 84.9 Å².